The Balaban J connectivity index is 1.87. The van der Waals surface area contributed by atoms with E-state index < -0.39 is 0 Å². The van der Waals surface area contributed by atoms with Gasteiger partial charge in [-0.1, -0.05) is 41.8 Å². The Kier molecular flexibility index (Phi) is 4.90. The predicted octanol–water partition coefficient (Wildman–Crippen LogP) is 4.50. The van der Waals surface area contributed by atoms with E-state index in [1.54, 1.807) is 0 Å². The second kappa shape index (κ2) is 6.70. The van der Waals surface area contributed by atoms with Crippen LogP contribution in [0.15, 0.2) is 22.7 Å². The molecule has 0 aromatic heterocycles. The van der Waals surface area contributed by atoms with Crippen molar-refractivity contribution in [3.63, 3.8) is 0 Å². The fourth-order valence-corrected chi connectivity index (χ4v) is 4.46. The number of fused-ring (bicyclic) bond motifs is 1. The van der Waals surface area contributed by atoms with Gasteiger partial charge in [-0.15, -0.1) is 0 Å². The molecule has 3 rings (SSSR count). The second-order valence-electron chi connectivity index (χ2n) is 6.74. The monoisotopic (exact) mass is 350 g/mol. The van der Waals surface area contributed by atoms with E-state index in [2.05, 4.69) is 46.0 Å². The standard InChI is InChI=1S/C18H27BrN2/c1-2-16(20)11-14-7-8-15(19)12-18(14)21-10-9-13-5-3-4-6-17(13)21/h7-8,12-13,16-17H,2-6,9-11,20H2,1H3. The highest BCUT2D eigenvalue weighted by atomic mass is 79.9. The summed E-state index contributed by atoms with van der Waals surface area (Å²) >= 11 is 3.66. The fourth-order valence-electron chi connectivity index (χ4n) is 4.11. The van der Waals surface area contributed by atoms with Crippen LogP contribution >= 0.6 is 15.9 Å². The summed E-state index contributed by atoms with van der Waals surface area (Å²) in [6.45, 7) is 3.40. The third-order valence-corrected chi connectivity index (χ3v) is 5.87. The van der Waals surface area contributed by atoms with Crippen molar-refractivity contribution in [1.82, 2.24) is 0 Å². The summed E-state index contributed by atoms with van der Waals surface area (Å²) in [5, 5.41) is 0. The van der Waals surface area contributed by atoms with Crippen LogP contribution in [0.3, 0.4) is 0 Å². The van der Waals surface area contributed by atoms with E-state index in [0.29, 0.717) is 0 Å². The molecule has 1 heterocycles. The summed E-state index contributed by atoms with van der Waals surface area (Å²) in [6, 6.07) is 7.79. The Morgan fingerprint density at radius 2 is 2.10 bits per heavy atom. The van der Waals surface area contributed by atoms with Crippen molar-refractivity contribution in [2.24, 2.45) is 11.7 Å². The molecule has 3 atom stereocenters. The Hall–Kier alpha value is -0.540. The smallest absolute Gasteiger partial charge is 0.0413 e. The van der Waals surface area contributed by atoms with E-state index in [0.717, 1.165) is 24.8 Å². The molecule has 3 unspecified atom stereocenters. The molecule has 1 aliphatic carbocycles. The highest BCUT2D eigenvalue weighted by Gasteiger charge is 2.36. The van der Waals surface area contributed by atoms with Crippen molar-refractivity contribution in [3.8, 4) is 0 Å². The lowest BCUT2D eigenvalue weighted by atomic mass is 9.85. The molecular formula is C18H27BrN2. The minimum atomic E-state index is 0.273. The van der Waals surface area contributed by atoms with E-state index in [1.165, 1.54) is 54.4 Å². The first-order valence-electron chi connectivity index (χ1n) is 8.49. The number of hydrogen-bond donors (Lipinski definition) is 1. The molecule has 0 bridgehead atoms. The predicted molar refractivity (Wildman–Crippen MR) is 93.8 cm³/mol. The van der Waals surface area contributed by atoms with Crippen LogP contribution in [0.4, 0.5) is 5.69 Å². The van der Waals surface area contributed by atoms with Gasteiger partial charge in [0.2, 0.25) is 0 Å². The zero-order valence-electron chi connectivity index (χ0n) is 13.0. The second-order valence-corrected chi connectivity index (χ2v) is 7.66. The van der Waals surface area contributed by atoms with Gasteiger partial charge < -0.3 is 10.6 Å². The van der Waals surface area contributed by atoms with E-state index >= 15 is 0 Å². The van der Waals surface area contributed by atoms with Crippen molar-refractivity contribution in [2.45, 2.75) is 64.0 Å². The number of rotatable bonds is 4. The number of nitrogens with two attached hydrogens (primary N) is 1. The van der Waals surface area contributed by atoms with Gasteiger partial charge in [0.25, 0.3) is 0 Å². The molecule has 21 heavy (non-hydrogen) atoms. The van der Waals surface area contributed by atoms with Crippen LogP contribution in [0.1, 0.15) is 51.0 Å². The van der Waals surface area contributed by atoms with Crippen LogP contribution in [-0.4, -0.2) is 18.6 Å². The van der Waals surface area contributed by atoms with Crippen molar-refractivity contribution in [2.75, 3.05) is 11.4 Å². The molecule has 2 fully saturated rings. The van der Waals surface area contributed by atoms with Crippen molar-refractivity contribution >= 4 is 21.6 Å². The Morgan fingerprint density at radius 1 is 1.29 bits per heavy atom. The molecule has 116 valence electrons. The van der Waals surface area contributed by atoms with E-state index in [9.17, 15) is 0 Å². The van der Waals surface area contributed by atoms with Crippen LogP contribution < -0.4 is 10.6 Å². The molecular weight excluding hydrogens is 324 g/mol. The average molecular weight is 351 g/mol. The van der Waals surface area contributed by atoms with Gasteiger partial charge in [-0.05, 0) is 55.7 Å². The number of benzene rings is 1. The first-order chi connectivity index (χ1) is 10.2. The van der Waals surface area contributed by atoms with E-state index in [-0.39, 0.29) is 6.04 Å². The van der Waals surface area contributed by atoms with Gasteiger partial charge >= 0.3 is 0 Å². The van der Waals surface area contributed by atoms with Crippen molar-refractivity contribution < 1.29 is 0 Å². The molecule has 1 aromatic rings. The molecule has 2 aliphatic rings. The lowest BCUT2D eigenvalue weighted by molar-refractivity contribution is 0.342. The number of anilines is 1. The summed E-state index contributed by atoms with van der Waals surface area (Å²) in [6.07, 6.45) is 9.04. The summed E-state index contributed by atoms with van der Waals surface area (Å²) in [5.41, 5.74) is 9.07. The molecule has 1 aliphatic heterocycles. The summed E-state index contributed by atoms with van der Waals surface area (Å²) in [4.78, 5) is 2.69. The summed E-state index contributed by atoms with van der Waals surface area (Å²) in [5.74, 6) is 0.922. The zero-order valence-corrected chi connectivity index (χ0v) is 14.6. The van der Waals surface area contributed by atoms with Crippen LogP contribution in [-0.2, 0) is 6.42 Å². The first-order valence-corrected chi connectivity index (χ1v) is 9.29. The van der Waals surface area contributed by atoms with Gasteiger partial charge in [0.05, 0.1) is 0 Å². The SMILES string of the molecule is CCC(N)Cc1ccc(Br)cc1N1CCC2CCCCC21. The number of hydrogen-bond acceptors (Lipinski definition) is 2. The van der Waals surface area contributed by atoms with E-state index in [1.807, 2.05) is 0 Å². The van der Waals surface area contributed by atoms with Crippen molar-refractivity contribution in [3.05, 3.63) is 28.2 Å². The van der Waals surface area contributed by atoms with Crippen LogP contribution in [0.2, 0.25) is 0 Å². The van der Waals surface area contributed by atoms with Crippen molar-refractivity contribution in [1.29, 1.82) is 0 Å². The molecule has 0 radical (unpaired) electrons. The number of halogens is 1. The normalized spacial score (nSPS) is 26.7. The Morgan fingerprint density at radius 3 is 2.90 bits per heavy atom. The average Bonchev–Trinajstić information content (AvgIpc) is 2.92. The number of nitrogens with zero attached hydrogens (tertiary/aromatic N) is 1. The lowest BCUT2D eigenvalue weighted by Crippen LogP contribution is -2.35. The van der Waals surface area contributed by atoms with Gasteiger partial charge in [-0.2, -0.15) is 0 Å². The van der Waals surface area contributed by atoms with E-state index in [4.69, 9.17) is 5.73 Å². The summed E-state index contributed by atoms with van der Waals surface area (Å²) in [7, 11) is 0. The zero-order chi connectivity index (χ0) is 14.8. The minimum absolute atomic E-state index is 0.273. The molecule has 2 nitrogen and oxygen atoms in total. The van der Waals surface area contributed by atoms with Gasteiger partial charge in [0.15, 0.2) is 0 Å². The molecule has 3 heteroatoms. The highest BCUT2D eigenvalue weighted by molar-refractivity contribution is 9.10. The lowest BCUT2D eigenvalue weighted by Gasteiger charge is -2.34. The topological polar surface area (TPSA) is 29.3 Å². The molecule has 2 N–H and O–H groups in total. The van der Waals surface area contributed by atoms with Gasteiger partial charge in [0.1, 0.15) is 0 Å². The minimum Gasteiger partial charge on any atom is -0.368 e. The molecule has 1 saturated heterocycles. The maximum absolute atomic E-state index is 6.21. The third kappa shape index (κ3) is 3.29. The van der Waals surface area contributed by atoms with Gasteiger partial charge in [-0.3, -0.25) is 0 Å². The van der Waals surface area contributed by atoms with Crippen LogP contribution in [0, 0.1) is 5.92 Å². The quantitative estimate of drug-likeness (QED) is 0.866. The maximum Gasteiger partial charge on any atom is 0.0413 e. The maximum atomic E-state index is 6.21. The molecule has 1 aromatic carbocycles. The molecule has 0 amide bonds. The Labute approximate surface area is 137 Å². The third-order valence-electron chi connectivity index (χ3n) is 5.37. The molecule has 1 saturated carbocycles. The fraction of sp³-hybridized carbons (Fsp3) is 0.667. The Bertz CT molecular complexity index is 488. The summed E-state index contributed by atoms with van der Waals surface area (Å²) < 4.78 is 1.19. The van der Waals surface area contributed by atoms with Gasteiger partial charge in [0, 0.05) is 28.8 Å². The molecule has 0 spiro atoms. The van der Waals surface area contributed by atoms with Gasteiger partial charge in [-0.25, -0.2) is 0 Å². The first kappa shape index (κ1) is 15.4. The van der Waals surface area contributed by atoms with Crippen LogP contribution in [0.25, 0.3) is 0 Å². The highest BCUT2D eigenvalue weighted by Crippen LogP contribution is 2.40. The van der Waals surface area contributed by atoms with Crippen LogP contribution in [0.5, 0.6) is 0 Å². The largest absolute Gasteiger partial charge is 0.368 e.